The second-order valence-corrected chi connectivity index (χ2v) is 10.7. The Morgan fingerprint density at radius 3 is 2.30 bits per heavy atom. The summed E-state index contributed by atoms with van der Waals surface area (Å²) in [4.78, 5) is 30.5. The molecular formula is C27H41NO3S2. The Hall–Kier alpha value is -1.40. The maximum absolute atomic E-state index is 13.2. The average molecular weight is 492 g/mol. The van der Waals surface area contributed by atoms with E-state index in [2.05, 4.69) is 51.6 Å². The van der Waals surface area contributed by atoms with Crippen LogP contribution in [0.1, 0.15) is 108 Å². The van der Waals surface area contributed by atoms with Crippen LogP contribution in [0.5, 0.6) is 0 Å². The van der Waals surface area contributed by atoms with Crippen LogP contribution in [0.4, 0.5) is 0 Å². The molecule has 0 radical (unpaired) electrons. The van der Waals surface area contributed by atoms with E-state index in [1.807, 2.05) is 0 Å². The van der Waals surface area contributed by atoms with Crippen LogP contribution >= 0.6 is 24.0 Å². The van der Waals surface area contributed by atoms with Crippen molar-refractivity contribution >= 4 is 45.3 Å². The summed E-state index contributed by atoms with van der Waals surface area (Å²) in [5.74, 6) is -1.72. The molecule has 0 saturated carbocycles. The number of carboxylic acids is 1. The van der Waals surface area contributed by atoms with Gasteiger partial charge in [0.25, 0.3) is 0 Å². The van der Waals surface area contributed by atoms with Gasteiger partial charge in [-0.05, 0) is 43.4 Å². The Balaban J connectivity index is 2.47. The average Bonchev–Trinajstić information content (AvgIpc) is 3.21. The third kappa shape index (κ3) is 7.29. The van der Waals surface area contributed by atoms with E-state index in [9.17, 15) is 14.7 Å². The van der Waals surface area contributed by atoms with E-state index in [-0.39, 0.29) is 5.12 Å². The Morgan fingerprint density at radius 1 is 1.00 bits per heavy atom. The Labute approximate surface area is 209 Å². The van der Waals surface area contributed by atoms with E-state index in [0.29, 0.717) is 17.8 Å². The minimum absolute atomic E-state index is 0.360. The normalized spacial score (nSPS) is 14.3. The first-order chi connectivity index (χ1) is 15.9. The number of benzene rings is 1. The molecule has 1 heterocycles. The van der Waals surface area contributed by atoms with E-state index in [0.717, 1.165) is 61.6 Å². The number of aliphatic carboxylic acids is 1. The molecule has 2 atom stereocenters. The molecule has 1 aromatic heterocycles. The van der Waals surface area contributed by atoms with Gasteiger partial charge in [0.1, 0.15) is 10.4 Å². The number of rotatable bonds is 17. The molecule has 2 rings (SSSR count). The number of aromatic nitrogens is 1. The molecule has 33 heavy (non-hydrogen) atoms. The standard InChI is InChI=1S/C27H41NO3S2/c1-4-7-10-12-14-20-16-17-23-22(19-20)28-25(33-23)27(26(31)32,18-13-9-6-3)21(24(29)30)15-11-8-5-2/h16-17,19,21H,4-15,18H2,1-3H3,(H,29,30)(H,31,32). The zero-order valence-electron chi connectivity index (χ0n) is 20.6. The van der Waals surface area contributed by atoms with Crippen LogP contribution in [0, 0.1) is 5.92 Å². The third-order valence-corrected chi connectivity index (χ3v) is 8.31. The zero-order valence-corrected chi connectivity index (χ0v) is 22.3. The van der Waals surface area contributed by atoms with E-state index in [1.165, 1.54) is 36.2 Å². The number of thiazole rings is 1. The lowest BCUT2D eigenvalue weighted by Gasteiger charge is -2.34. The van der Waals surface area contributed by atoms with Crippen LogP contribution in [0.15, 0.2) is 18.2 Å². The van der Waals surface area contributed by atoms with Gasteiger partial charge >= 0.3 is 5.97 Å². The molecule has 1 N–H and O–H groups in total. The van der Waals surface area contributed by atoms with Crippen LogP contribution in [0.25, 0.3) is 10.2 Å². The van der Waals surface area contributed by atoms with Crippen molar-refractivity contribution < 1.29 is 14.7 Å². The quantitative estimate of drug-likeness (QED) is 0.174. The van der Waals surface area contributed by atoms with Gasteiger partial charge in [-0.3, -0.25) is 9.59 Å². The van der Waals surface area contributed by atoms with E-state index >= 15 is 0 Å². The fraction of sp³-hybridized carbons (Fsp3) is 0.667. The molecule has 0 spiro atoms. The molecule has 0 aliphatic carbocycles. The number of unbranched alkanes of at least 4 members (excludes halogenated alkanes) is 7. The topological polar surface area (TPSA) is 67.3 Å². The van der Waals surface area contributed by atoms with Gasteiger partial charge < -0.3 is 5.11 Å². The fourth-order valence-corrected chi connectivity index (χ4v) is 6.35. The predicted molar refractivity (Wildman–Crippen MR) is 143 cm³/mol. The summed E-state index contributed by atoms with van der Waals surface area (Å²) in [7, 11) is 0. The molecule has 6 heteroatoms. The number of thiol groups is 1. The largest absolute Gasteiger partial charge is 0.481 e. The van der Waals surface area contributed by atoms with Gasteiger partial charge in [0.05, 0.1) is 16.1 Å². The van der Waals surface area contributed by atoms with Gasteiger partial charge in [0.2, 0.25) is 0 Å². The summed E-state index contributed by atoms with van der Waals surface area (Å²) < 4.78 is 1.01. The summed E-state index contributed by atoms with van der Waals surface area (Å²) >= 11 is 5.78. The third-order valence-electron chi connectivity index (χ3n) is 6.70. The smallest absolute Gasteiger partial charge is 0.307 e. The summed E-state index contributed by atoms with van der Waals surface area (Å²) in [6.07, 6.45) is 12.3. The van der Waals surface area contributed by atoms with Gasteiger partial charge in [0, 0.05) is 0 Å². The molecule has 184 valence electrons. The first-order valence-corrected chi connectivity index (χ1v) is 14.0. The Kier molecular flexibility index (Phi) is 11.9. The number of carbonyl (C=O) groups is 2. The molecule has 0 saturated heterocycles. The van der Waals surface area contributed by atoms with Crippen LogP contribution in [0.2, 0.25) is 0 Å². The second kappa shape index (κ2) is 14.1. The summed E-state index contributed by atoms with van der Waals surface area (Å²) in [5.41, 5.74) is 0.945. The van der Waals surface area contributed by atoms with E-state index < -0.39 is 17.3 Å². The highest BCUT2D eigenvalue weighted by molar-refractivity contribution is 7.96. The van der Waals surface area contributed by atoms with Gasteiger partial charge in [-0.2, -0.15) is 0 Å². The number of fused-ring (bicyclic) bond motifs is 1. The highest BCUT2D eigenvalue weighted by Gasteiger charge is 2.50. The van der Waals surface area contributed by atoms with Crippen molar-refractivity contribution in [1.29, 1.82) is 0 Å². The number of hydrogen-bond donors (Lipinski definition) is 2. The summed E-state index contributed by atoms with van der Waals surface area (Å²) in [6, 6.07) is 6.35. The molecule has 4 nitrogen and oxygen atoms in total. The SMILES string of the molecule is CCCCCCc1ccc2sc(C(CCCCC)(C(=O)S)C(CCCCC)C(=O)O)nc2c1. The molecular weight excluding hydrogens is 450 g/mol. The van der Waals surface area contributed by atoms with Crippen molar-refractivity contribution in [2.24, 2.45) is 5.92 Å². The van der Waals surface area contributed by atoms with Crippen molar-refractivity contribution in [2.75, 3.05) is 0 Å². The van der Waals surface area contributed by atoms with E-state index in [1.54, 1.807) is 0 Å². The molecule has 2 unspecified atom stereocenters. The monoisotopic (exact) mass is 491 g/mol. The number of carboxylic acid groups (broad SMARTS) is 1. The van der Waals surface area contributed by atoms with Crippen molar-refractivity contribution in [3.8, 4) is 0 Å². The molecule has 0 bridgehead atoms. The maximum Gasteiger partial charge on any atom is 0.307 e. The first-order valence-electron chi connectivity index (χ1n) is 12.8. The Bertz CT molecular complexity index is 895. The summed E-state index contributed by atoms with van der Waals surface area (Å²) in [6.45, 7) is 6.42. The number of nitrogens with zero attached hydrogens (tertiary/aromatic N) is 1. The molecule has 2 aromatic rings. The van der Waals surface area contributed by atoms with Gasteiger partial charge in [0.15, 0.2) is 5.12 Å². The first kappa shape index (κ1) is 27.8. The van der Waals surface area contributed by atoms with Gasteiger partial charge in [-0.15, -0.1) is 24.0 Å². The lowest BCUT2D eigenvalue weighted by atomic mass is 9.70. The van der Waals surface area contributed by atoms with Crippen LogP contribution < -0.4 is 0 Å². The number of hydrogen-bond acceptors (Lipinski definition) is 4. The van der Waals surface area contributed by atoms with Crippen molar-refractivity contribution in [3.05, 3.63) is 28.8 Å². The lowest BCUT2D eigenvalue weighted by molar-refractivity contribution is -0.147. The summed E-state index contributed by atoms with van der Waals surface area (Å²) in [5, 5.41) is 10.5. The van der Waals surface area contributed by atoms with Crippen LogP contribution in [0.3, 0.4) is 0 Å². The Morgan fingerprint density at radius 2 is 1.67 bits per heavy atom. The van der Waals surface area contributed by atoms with Crippen LogP contribution in [-0.2, 0) is 21.4 Å². The molecule has 0 fully saturated rings. The van der Waals surface area contributed by atoms with Crippen LogP contribution in [-0.4, -0.2) is 21.2 Å². The van der Waals surface area contributed by atoms with Crippen molar-refractivity contribution in [1.82, 2.24) is 4.98 Å². The highest BCUT2D eigenvalue weighted by atomic mass is 32.1. The minimum atomic E-state index is -1.18. The molecule has 1 aromatic carbocycles. The predicted octanol–water partition coefficient (Wildman–Crippen LogP) is 7.97. The minimum Gasteiger partial charge on any atom is -0.481 e. The van der Waals surface area contributed by atoms with Gasteiger partial charge in [-0.1, -0.05) is 84.6 Å². The lowest BCUT2D eigenvalue weighted by Crippen LogP contribution is -2.45. The van der Waals surface area contributed by atoms with E-state index in [4.69, 9.17) is 4.98 Å². The molecule has 0 aliphatic heterocycles. The van der Waals surface area contributed by atoms with Crippen molar-refractivity contribution in [2.45, 2.75) is 110 Å². The number of aryl methyl sites for hydroxylation is 1. The molecule has 0 aliphatic rings. The maximum atomic E-state index is 13.2. The van der Waals surface area contributed by atoms with Crippen molar-refractivity contribution in [3.63, 3.8) is 0 Å². The highest BCUT2D eigenvalue weighted by Crippen LogP contribution is 2.45. The van der Waals surface area contributed by atoms with Gasteiger partial charge in [-0.25, -0.2) is 4.98 Å². The number of carbonyl (C=O) groups excluding carboxylic acids is 1. The molecule has 0 amide bonds. The fourth-order valence-electron chi connectivity index (χ4n) is 4.69. The zero-order chi connectivity index (χ0) is 24.3. The second-order valence-electron chi connectivity index (χ2n) is 9.25.